The number of rotatable bonds is 37. The fourth-order valence-electron chi connectivity index (χ4n) is 5.39. The van der Waals surface area contributed by atoms with Crippen LogP contribution < -0.4 is 4.89 Å². The van der Waals surface area contributed by atoms with Crippen molar-refractivity contribution >= 4 is 19.8 Å². The van der Waals surface area contributed by atoms with Crippen LogP contribution in [0.25, 0.3) is 0 Å². The van der Waals surface area contributed by atoms with E-state index in [0.717, 1.165) is 38.5 Å². The molecule has 0 spiro atoms. The molecule has 10 heteroatoms. The Labute approximate surface area is 319 Å². The summed E-state index contributed by atoms with van der Waals surface area (Å²) >= 11 is 0. The Morgan fingerprint density at radius 1 is 0.596 bits per heavy atom. The van der Waals surface area contributed by atoms with Gasteiger partial charge in [-0.2, -0.15) is 0 Å². The molecule has 0 bridgehead atoms. The zero-order valence-electron chi connectivity index (χ0n) is 34.0. The number of likely N-dealkylation sites (N-methyl/N-ethyl adjacent to an activating group) is 1. The molecule has 0 saturated heterocycles. The number of ether oxygens (including phenoxy) is 2. The van der Waals surface area contributed by atoms with Crippen molar-refractivity contribution in [2.75, 3.05) is 47.5 Å². The number of nitrogens with zero attached hydrogens (tertiary/aromatic N) is 1. The molecule has 0 aliphatic rings. The molecular weight excluding hydrogens is 677 g/mol. The van der Waals surface area contributed by atoms with Crippen LogP contribution in [0.5, 0.6) is 0 Å². The molecule has 0 aromatic heterocycles. The van der Waals surface area contributed by atoms with Crippen LogP contribution in [-0.2, 0) is 32.7 Å². The van der Waals surface area contributed by atoms with Crippen molar-refractivity contribution in [2.45, 2.75) is 174 Å². The van der Waals surface area contributed by atoms with Gasteiger partial charge in [-0.05, 0) is 38.5 Å². The summed E-state index contributed by atoms with van der Waals surface area (Å²) in [5.74, 6) is -0.921. The van der Waals surface area contributed by atoms with Gasteiger partial charge in [0.1, 0.15) is 19.8 Å². The molecule has 0 N–H and O–H groups in total. The first kappa shape index (κ1) is 50.2. The van der Waals surface area contributed by atoms with Crippen LogP contribution in [-0.4, -0.2) is 70.0 Å². The zero-order chi connectivity index (χ0) is 38.6. The van der Waals surface area contributed by atoms with Crippen LogP contribution in [0, 0.1) is 0 Å². The Bertz CT molecular complexity index is 991. The minimum absolute atomic E-state index is 0.0414. The highest BCUT2D eigenvalue weighted by atomic mass is 31.2. The minimum Gasteiger partial charge on any atom is -0.756 e. The molecule has 0 fully saturated rings. The highest BCUT2D eigenvalue weighted by molar-refractivity contribution is 7.45. The van der Waals surface area contributed by atoms with Crippen molar-refractivity contribution in [3.8, 4) is 0 Å². The molecule has 2 unspecified atom stereocenters. The molecular formula is C42H78NO8P. The zero-order valence-corrected chi connectivity index (χ0v) is 34.9. The summed E-state index contributed by atoms with van der Waals surface area (Å²) in [7, 11) is 1.13. The summed E-state index contributed by atoms with van der Waals surface area (Å²) in [6.45, 7) is 4.13. The number of hydrogen-bond acceptors (Lipinski definition) is 8. The second kappa shape index (κ2) is 35.0. The topological polar surface area (TPSA) is 111 Å². The average Bonchev–Trinajstić information content (AvgIpc) is 3.09. The second-order valence-corrected chi connectivity index (χ2v) is 16.4. The fraction of sp³-hybridized carbons (Fsp3) is 0.810. The summed E-state index contributed by atoms with van der Waals surface area (Å²) in [6, 6.07) is 0. The number of carbonyl (C=O) groups is 2. The first-order valence-corrected chi connectivity index (χ1v) is 22.2. The Morgan fingerprint density at radius 2 is 1.08 bits per heavy atom. The first-order valence-electron chi connectivity index (χ1n) is 20.7. The third-order valence-electron chi connectivity index (χ3n) is 8.68. The molecule has 0 aromatic rings. The van der Waals surface area contributed by atoms with E-state index >= 15 is 0 Å². The number of unbranched alkanes of at least 4 members (excludes halogenated alkanes) is 17. The number of quaternary nitrogens is 1. The molecule has 0 aliphatic heterocycles. The predicted octanol–water partition coefficient (Wildman–Crippen LogP) is 10.7. The van der Waals surface area contributed by atoms with Crippen molar-refractivity contribution in [2.24, 2.45) is 0 Å². The van der Waals surface area contributed by atoms with Crippen LogP contribution in [0.15, 0.2) is 36.5 Å². The first-order chi connectivity index (χ1) is 25.0. The lowest BCUT2D eigenvalue weighted by atomic mass is 10.0. The SMILES string of the molecule is CCCCCCC/C=C\C/C=C\C/C=C\CCC(=O)OC(COC(=O)CCCCCCCCCCCCCCC)COP(=O)([O-])OCC[N+](C)(C)C. The largest absolute Gasteiger partial charge is 0.756 e. The third-order valence-corrected chi connectivity index (χ3v) is 9.64. The summed E-state index contributed by atoms with van der Waals surface area (Å²) in [6.07, 6.45) is 37.6. The van der Waals surface area contributed by atoms with Crippen LogP contribution in [0.2, 0.25) is 0 Å². The number of esters is 2. The molecule has 0 radical (unpaired) electrons. The number of hydrogen-bond donors (Lipinski definition) is 0. The van der Waals surface area contributed by atoms with Gasteiger partial charge in [0.05, 0.1) is 27.7 Å². The molecule has 0 aliphatic carbocycles. The molecule has 0 rings (SSSR count). The van der Waals surface area contributed by atoms with Gasteiger partial charge >= 0.3 is 11.9 Å². The van der Waals surface area contributed by atoms with Gasteiger partial charge in [-0.15, -0.1) is 0 Å². The van der Waals surface area contributed by atoms with Gasteiger partial charge in [0.2, 0.25) is 0 Å². The standard InChI is InChI=1S/C42H78NO8P/c1-6-8-10-12-14-16-18-20-21-23-25-27-29-31-33-35-42(45)51-40(39-50-52(46,47)49-37-36-43(3,4)5)38-48-41(44)34-32-30-28-26-24-22-19-17-15-13-11-9-7-2/h18,20,23,25,29,31,40H,6-17,19,21-22,24,26-28,30,32-39H2,1-5H3/b20-18-,25-23-,31-29-. The highest BCUT2D eigenvalue weighted by Crippen LogP contribution is 2.38. The minimum atomic E-state index is -4.63. The molecule has 52 heavy (non-hydrogen) atoms. The van der Waals surface area contributed by atoms with Gasteiger partial charge in [-0.25, -0.2) is 0 Å². The van der Waals surface area contributed by atoms with E-state index in [-0.39, 0.29) is 26.1 Å². The van der Waals surface area contributed by atoms with Crippen molar-refractivity contribution < 1.29 is 42.1 Å². The number of phosphoric ester groups is 1. The molecule has 2 atom stereocenters. The van der Waals surface area contributed by atoms with E-state index in [2.05, 4.69) is 38.2 Å². The average molecular weight is 756 g/mol. The van der Waals surface area contributed by atoms with Gasteiger partial charge in [-0.1, -0.05) is 153 Å². The fourth-order valence-corrected chi connectivity index (χ4v) is 6.12. The summed E-state index contributed by atoms with van der Waals surface area (Å²) < 4.78 is 33.7. The Kier molecular flexibility index (Phi) is 33.8. The van der Waals surface area contributed by atoms with E-state index in [4.69, 9.17) is 18.5 Å². The van der Waals surface area contributed by atoms with E-state index in [1.807, 2.05) is 33.3 Å². The van der Waals surface area contributed by atoms with Crippen LogP contribution in [0.1, 0.15) is 168 Å². The summed E-state index contributed by atoms with van der Waals surface area (Å²) in [5.41, 5.74) is 0. The van der Waals surface area contributed by atoms with Gasteiger partial charge in [0.15, 0.2) is 6.10 Å². The highest BCUT2D eigenvalue weighted by Gasteiger charge is 2.21. The maximum absolute atomic E-state index is 12.6. The maximum atomic E-state index is 12.6. The molecule has 0 saturated carbocycles. The van der Waals surface area contributed by atoms with Crippen molar-refractivity contribution in [3.63, 3.8) is 0 Å². The molecule has 9 nitrogen and oxygen atoms in total. The van der Waals surface area contributed by atoms with Crippen molar-refractivity contribution in [1.82, 2.24) is 0 Å². The maximum Gasteiger partial charge on any atom is 0.306 e. The van der Waals surface area contributed by atoms with Gasteiger partial charge in [0, 0.05) is 12.8 Å². The summed E-state index contributed by atoms with van der Waals surface area (Å²) in [4.78, 5) is 37.4. The molecule has 0 amide bonds. The van der Waals surface area contributed by atoms with Crippen molar-refractivity contribution in [1.29, 1.82) is 0 Å². The van der Waals surface area contributed by atoms with E-state index in [1.54, 1.807) is 0 Å². The smallest absolute Gasteiger partial charge is 0.306 e. The lowest BCUT2D eigenvalue weighted by Crippen LogP contribution is -2.37. The number of phosphoric acid groups is 1. The predicted molar refractivity (Wildman–Crippen MR) is 213 cm³/mol. The lowest BCUT2D eigenvalue weighted by Gasteiger charge is -2.28. The Morgan fingerprint density at radius 3 is 1.62 bits per heavy atom. The van der Waals surface area contributed by atoms with E-state index in [0.29, 0.717) is 17.4 Å². The van der Waals surface area contributed by atoms with Gasteiger partial charge in [-0.3, -0.25) is 14.2 Å². The Balaban J connectivity index is 4.50. The summed E-state index contributed by atoms with van der Waals surface area (Å²) in [5, 5.41) is 0. The normalized spacial score (nSPS) is 14.0. The lowest BCUT2D eigenvalue weighted by molar-refractivity contribution is -0.870. The molecule has 0 heterocycles. The second-order valence-electron chi connectivity index (χ2n) is 15.0. The van der Waals surface area contributed by atoms with Crippen LogP contribution >= 0.6 is 7.82 Å². The monoisotopic (exact) mass is 756 g/mol. The van der Waals surface area contributed by atoms with E-state index in [1.165, 1.54) is 96.3 Å². The molecule has 0 aromatic carbocycles. The van der Waals surface area contributed by atoms with Gasteiger partial charge in [0.25, 0.3) is 7.82 Å². The number of carbonyl (C=O) groups excluding carboxylic acids is 2. The van der Waals surface area contributed by atoms with Crippen molar-refractivity contribution in [3.05, 3.63) is 36.5 Å². The van der Waals surface area contributed by atoms with Crippen LogP contribution in [0.4, 0.5) is 0 Å². The molecule has 304 valence electrons. The number of allylic oxidation sites excluding steroid dienone is 6. The van der Waals surface area contributed by atoms with E-state index < -0.39 is 32.5 Å². The van der Waals surface area contributed by atoms with Crippen LogP contribution in [0.3, 0.4) is 0 Å². The Hall–Kier alpha value is -1.77. The van der Waals surface area contributed by atoms with Gasteiger partial charge < -0.3 is 27.9 Å². The van der Waals surface area contributed by atoms with E-state index in [9.17, 15) is 19.0 Å². The third kappa shape index (κ3) is 38.0. The quantitative estimate of drug-likeness (QED) is 0.0203.